The summed E-state index contributed by atoms with van der Waals surface area (Å²) < 4.78 is 26.0. The number of rotatable bonds is 5. The zero-order valence-corrected chi connectivity index (χ0v) is 15.0. The Morgan fingerprint density at radius 2 is 1.67 bits per heavy atom. The first-order valence-corrected chi connectivity index (χ1v) is 9.84. The van der Waals surface area contributed by atoms with Crippen LogP contribution in [0, 0.1) is 0 Å². The zero-order chi connectivity index (χ0) is 17.5. The molecule has 0 aliphatic heterocycles. The first-order chi connectivity index (χ1) is 11.3. The van der Waals surface area contributed by atoms with Crippen LogP contribution in [0.25, 0.3) is 0 Å². The van der Waals surface area contributed by atoms with E-state index in [0.717, 1.165) is 12.0 Å². The maximum Gasteiger partial charge on any atom is 0.183 e. The number of hydrogen-bond donors (Lipinski definition) is 2. The van der Waals surface area contributed by atoms with Crippen LogP contribution in [0.3, 0.4) is 0 Å². The molecule has 6 heteroatoms. The highest BCUT2D eigenvalue weighted by atomic mass is 35.5. The molecule has 1 fully saturated rings. The fourth-order valence-corrected chi connectivity index (χ4v) is 5.80. The van der Waals surface area contributed by atoms with Crippen LogP contribution in [-0.2, 0) is 16.3 Å². The quantitative estimate of drug-likeness (QED) is 0.853. The molecule has 24 heavy (non-hydrogen) atoms. The summed E-state index contributed by atoms with van der Waals surface area (Å²) in [5, 5.41) is -0.224. The highest BCUT2D eigenvalue weighted by Crippen LogP contribution is 2.55. The maximum atomic E-state index is 13.0. The first-order valence-electron chi connectivity index (χ1n) is 7.92. The molecule has 4 nitrogen and oxygen atoms in total. The summed E-state index contributed by atoms with van der Waals surface area (Å²) in [7, 11) is -3.58. The lowest BCUT2D eigenvalue weighted by Gasteiger charge is -2.09. The SMILES string of the molecule is CCc1ccc([C@H]2[C@@H](S(=O)(=O)c3ccc(Cl)cc3)[C@@]2(N)CN)cc1. The average molecular weight is 365 g/mol. The summed E-state index contributed by atoms with van der Waals surface area (Å²) in [5.41, 5.74) is 13.4. The third kappa shape index (κ3) is 2.75. The van der Waals surface area contributed by atoms with E-state index in [9.17, 15) is 8.42 Å². The molecule has 0 amide bonds. The standard InChI is InChI=1S/C18H21ClN2O2S/c1-2-12-3-5-13(6-4-12)16-17(18(16,21)11-20)24(22,23)15-9-7-14(19)8-10-15/h3-10,16-17H,2,11,20-21H2,1H3/t16-,17+,18+/m0/s1. The molecule has 1 aliphatic rings. The minimum atomic E-state index is -3.58. The molecule has 0 aromatic heterocycles. The second-order valence-corrected chi connectivity index (χ2v) is 8.81. The Hall–Kier alpha value is -1.40. The second-order valence-electron chi connectivity index (χ2n) is 6.31. The van der Waals surface area contributed by atoms with Crippen LogP contribution in [0.1, 0.15) is 24.0 Å². The van der Waals surface area contributed by atoms with Crippen LogP contribution in [0.15, 0.2) is 53.4 Å². The van der Waals surface area contributed by atoms with Gasteiger partial charge in [-0.05, 0) is 41.8 Å². The predicted molar refractivity (Wildman–Crippen MR) is 97.0 cm³/mol. The summed E-state index contributed by atoms with van der Waals surface area (Å²) >= 11 is 5.85. The largest absolute Gasteiger partial charge is 0.329 e. The summed E-state index contributed by atoms with van der Waals surface area (Å²) in [4.78, 5) is 0.229. The van der Waals surface area contributed by atoms with Crippen LogP contribution in [0.4, 0.5) is 0 Å². The minimum Gasteiger partial charge on any atom is -0.329 e. The molecule has 2 aromatic rings. The van der Waals surface area contributed by atoms with Gasteiger partial charge in [0.2, 0.25) is 0 Å². The topological polar surface area (TPSA) is 86.2 Å². The van der Waals surface area contributed by atoms with Gasteiger partial charge in [-0.15, -0.1) is 0 Å². The van der Waals surface area contributed by atoms with E-state index < -0.39 is 20.6 Å². The summed E-state index contributed by atoms with van der Waals surface area (Å²) in [6.45, 7) is 2.19. The molecule has 1 saturated carbocycles. The lowest BCUT2D eigenvalue weighted by atomic mass is 10.0. The Balaban J connectivity index is 1.98. The van der Waals surface area contributed by atoms with Crippen molar-refractivity contribution in [1.29, 1.82) is 0 Å². The number of benzene rings is 2. The molecule has 2 aromatic carbocycles. The molecule has 128 valence electrons. The molecular weight excluding hydrogens is 344 g/mol. The number of halogens is 1. The van der Waals surface area contributed by atoms with Crippen molar-refractivity contribution in [3.05, 3.63) is 64.7 Å². The highest BCUT2D eigenvalue weighted by Gasteiger charge is 2.68. The van der Waals surface area contributed by atoms with E-state index >= 15 is 0 Å². The van der Waals surface area contributed by atoms with Gasteiger partial charge in [0.15, 0.2) is 9.84 Å². The molecule has 0 unspecified atom stereocenters. The molecule has 0 saturated heterocycles. The van der Waals surface area contributed by atoms with Crippen molar-refractivity contribution in [1.82, 2.24) is 0 Å². The van der Waals surface area contributed by atoms with Gasteiger partial charge in [0.1, 0.15) is 0 Å². The number of aryl methyl sites for hydroxylation is 1. The van der Waals surface area contributed by atoms with E-state index in [4.69, 9.17) is 23.1 Å². The van der Waals surface area contributed by atoms with Gasteiger partial charge in [0, 0.05) is 17.5 Å². The van der Waals surface area contributed by atoms with Gasteiger partial charge in [-0.1, -0.05) is 42.8 Å². The molecule has 3 rings (SSSR count). The summed E-state index contributed by atoms with van der Waals surface area (Å²) in [5.74, 6) is -0.297. The fraction of sp³-hybridized carbons (Fsp3) is 0.333. The molecular formula is C18H21ClN2O2S. The highest BCUT2D eigenvalue weighted by molar-refractivity contribution is 7.92. The van der Waals surface area contributed by atoms with Gasteiger partial charge in [-0.2, -0.15) is 0 Å². The van der Waals surface area contributed by atoms with E-state index in [1.165, 1.54) is 17.7 Å². The molecule has 0 spiro atoms. The Kier molecular flexibility index (Phi) is 4.47. The van der Waals surface area contributed by atoms with E-state index in [-0.39, 0.29) is 17.4 Å². The predicted octanol–water partition coefficient (Wildman–Crippen LogP) is 2.50. The molecule has 1 aliphatic carbocycles. The van der Waals surface area contributed by atoms with Gasteiger partial charge >= 0.3 is 0 Å². The Morgan fingerprint density at radius 3 is 2.17 bits per heavy atom. The lowest BCUT2D eigenvalue weighted by molar-refractivity contribution is 0.586. The van der Waals surface area contributed by atoms with E-state index in [1.54, 1.807) is 12.1 Å². The van der Waals surface area contributed by atoms with Crippen molar-refractivity contribution < 1.29 is 8.42 Å². The van der Waals surface area contributed by atoms with Crippen molar-refractivity contribution in [3.63, 3.8) is 0 Å². The number of nitrogens with two attached hydrogens (primary N) is 2. The van der Waals surface area contributed by atoms with Crippen molar-refractivity contribution in [2.45, 2.75) is 34.9 Å². The van der Waals surface area contributed by atoms with Gasteiger partial charge < -0.3 is 11.5 Å². The van der Waals surface area contributed by atoms with Crippen molar-refractivity contribution in [2.75, 3.05) is 6.54 Å². The van der Waals surface area contributed by atoms with Gasteiger partial charge in [-0.25, -0.2) is 8.42 Å². The van der Waals surface area contributed by atoms with Crippen LogP contribution >= 0.6 is 11.6 Å². The fourth-order valence-electron chi connectivity index (χ4n) is 3.35. The van der Waals surface area contributed by atoms with E-state index in [0.29, 0.717) is 5.02 Å². The first kappa shape index (κ1) is 17.4. The lowest BCUT2D eigenvalue weighted by Crippen LogP contribution is -2.39. The summed E-state index contributed by atoms with van der Waals surface area (Å²) in [6, 6.07) is 14.1. The Morgan fingerprint density at radius 1 is 1.08 bits per heavy atom. The minimum absolute atomic E-state index is 0.116. The molecule has 0 bridgehead atoms. The van der Waals surface area contributed by atoms with Crippen LogP contribution in [-0.4, -0.2) is 25.8 Å². The zero-order valence-electron chi connectivity index (χ0n) is 13.4. The van der Waals surface area contributed by atoms with Crippen LogP contribution in [0.5, 0.6) is 0 Å². The van der Waals surface area contributed by atoms with E-state index in [2.05, 4.69) is 6.92 Å². The third-order valence-electron chi connectivity index (χ3n) is 4.88. The molecule has 0 heterocycles. The van der Waals surface area contributed by atoms with Gasteiger partial charge in [-0.3, -0.25) is 0 Å². The number of sulfone groups is 1. The molecule has 3 atom stereocenters. The summed E-state index contributed by atoms with van der Waals surface area (Å²) in [6.07, 6.45) is 0.933. The van der Waals surface area contributed by atoms with Crippen molar-refractivity contribution >= 4 is 21.4 Å². The van der Waals surface area contributed by atoms with Crippen LogP contribution < -0.4 is 11.5 Å². The second kappa shape index (κ2) is 6.15. The van der Waals surface area contributed by atoms with Crippen molar-refractivity contribution in [2.24, 2.45) is 11.5 Å². The smallest absolute Gasteiger partial charge is 0.183 e. The molecule has 4 N–H and O–H groups in total. The van der Waals surface area contributed by atoms with Crippen molar-refractivity contribution in [3.8, 4) is 0 Å². The Labute approximate surface area is 147 Å². The third-order valence-corrected chi connectivity index (χ3v) is 7.44. The van der Waals surface area contributed by atoms with E-state index in [1.807, 2.05) is 24.3 Å². The Bertz CT molecular complexity index is 834. The van der Waals surface area contributed by atoms with Gasteiger partial charge in [0.05, 0.1) is 15.7 Å². The molecule has 0 radical (unpaired) electrons. The van der Waals surface area contributed by atoms with Gasteiger partial charge in [0.25, 0.3) is 0 Å². The normalized spacial score (nSPS) is 26.3. The monoisotopic (exact) mass is 364 g/mol. The van der Waals surface area contributed by atoms with Crippen LogP contribution in [0.2, 0.25) is 5.02 Å². The maximum absolute atomic E-state index is 13.0. The number of hydrogen-bond acceptors (Lipinski definition) is 4. The average Bonchev–Trinajstić information content (AvgIpc) is 3.23.